The van der Waals surface area contributed by atoms with E-state index >= 15 is 0 Å². The fourth-order valence-electron chi connectivity index (χ4n) is 2.95. The molecule has 0 aliphatic rings. The van der Waals surface area contributed by atoms with Crippen molar-refractivity contribution in [3.8, 4) is 0 Å². The van der Waals surface area contributed by atoms with Gasteiger partial charge in [-0.25, -0.2) is 4.98 Å². The fraction of sp³-hybridized carbons (Fsp3) is 0.200. The number of aromatic nitrogens is 1. The highest BCUT2D eigenvalue weighted by Crippen LogP contribution is 2.34. The lowest BCUT2D eigenvalue weighted by Crippen LogP contribution is -2.11. The number of fused-ring (bicyclic) bond motifs is 4. The van der Waals surface area contributed by atoms with E-state index in [1.165, 1.54) is 0 Å². The zero-order valence-electron chi connectivity index (χ0n) is 14.0. The minimum atomic E-state index is 0.0115. The summed E-state index contributed by atoms with van der Waals surface area (Å²) in [6.07, 6.45) is 0. The van der Waals surface area contributed by atoms with Gasteiger partial charge in [-0.1, -0.05) is 43.6 Å². The normalized spacial score (nSPS) is 11.7. The molecule has 1 N–H and O–H groups in total. The Kier molecular flexibility index (Phi) is 4.10. The number of anilines is 1. The van der Waals surface area contributed by atoms with Crippen molar-refractivity contribution in [2.24, 2.45) is 5.92 Å². The summed E-state index contributed by atoms with van der Waals surface area (Å²) in [6.45, 7) is 5.10. The average molecular weight is 369 g/mol. The van der Waals surface area contributed by atoms with E-state index in [9.17, 15) is 4.79 Å². The molecule has 0 saturated heterocycles. The van der Waals surface area contributed by atoms with Crippen LogP contribution in [0.3, 0.4) is 0 Å². The van der Waals surface area contributed by atoms with E-state index in [0.29, 0.717) is 16.3 Å². The Hall–Kier alpha value is -2.17. The number of halogens is 1. The van der Waals surface area contributed by atoms with Crippen LogP contribution in [0.2, 0.25) is 5.02 Å². The van der Waals surface area contributed by atoms with Crippen LogP contribution in [0.5, 0.6) is 0 Å². The van der Waals surface area contributed by atoms with E-state index in [1.54, 1.807) is 17.4 Å². The summed E-state index contributed by atoms with van der Waals surface area (Å²) in [5.74, 6) is 1.26. The third kappa shape index (κ3) is 2.86. The molecule has 0 unspecified atom stereocenters. The maximum atomic E-state index is 13.2. The van der Waals surface area contributed by atoms with Crippen molar-refractivity contribution in [3.05, 3.63) is 57.7 Å². The first-order valence-electron chi connectivity index (χ1n) is 8.23. The van der Waals surface area contributed by atoms with Crippen molar-refractivity contribution < 1.29 is 0 Å². The predicted molar refractivity (Wildman–Crippen MR) is 109 cm³/mol. The van der Waals surface area contributed by atoms with Crippen molar-refractivity contribution in [2.45, 2.75) is 13.8 Å². The second-order valence-electron chi connectivity index (χ2n) is 6.53. The van der Waals surface area contributed by atoms with Crippen LogP contribution in [-0.4, -0.2) is 11.5 Å². The second kappa shape index (κ2) is 6.28. The largest absolute Gasteiger partial charge is 0.369 e. The molecule has 0 bridgehead atoms. The standard InChI is InChI=1S/C20H17ClN2OS/c1-11(2)10-22-20-19-17(13-5-3-4-6-15(13)23-20)18(24)14-9-12(21)7-8-16(14)25-19/h3-9,11H,10H2,1-2H3,(H,22,23). The molecule has 2 aromatic heterocycles. The predicted octanol–water partition coefficient (Wildman–Crippen LogP) is 5.68. The van der Waals surface area contributed by atoms with Gasteiger partial charge in [0.15, 0.2) is 5.43 Å². The van der Waals surface area contributed by atoms with Crippen molar-refractivity contribution in [1.82, 2.24) is 4.98 Å². The number of hydrogen-bond acceptors (Lipinski definition) is 4. The van der Waals surface area contributed by atoms with Gasteiger partial charge in [-0.15, -0.1) is 11.3 Å². The van der Waals surface area contributed by atoms with Crippen LogP contribution in [0.15, 0.2) is 47.3 Å². The van der Waals surface area contributed by atoms with Crippen LogP contribution in [0.25, 0.3) is 31.1 Å². The Balaban J connectivity index is 2.15. The molecular formula is C20H17ClN2OS. The Labute approximate surface area is 154 Å². The molecule has 0 aliphatic heterocycles. The van der Waals surface area contributed by atoms with E-state index in [0.717, 1.165) is 38.1 Å². The van der Waals surface area contributed by atoms with Crippen LogP contribution in [0, 0.1) is 5.92 Å². The molecule has 0 amide bonds. The Morgan fingerprint density at radius 1 is 1.16 bits per heavy atom. The Morgan fingerprint density at radius 3 is 2.76 bits per heavy atom. The first kappa shape index (κ1) is 16.3. The molecule has 2 heterocycles. The van der Waals surface area contributed by atoms with Crippen LogP contribution in [0.4, 0.5) is 5.82 Å². The molecule has 0 spiro atoms. The SMILES string of the molecule is CC(C)CNc1nc2ccccc2c2c(=O)c3cc(Cl)ccc3sc12. The van der Waals surface area contributed by atoms with Gasteiger partial charge in [0.2, 0.25) is 0 Å². The number of nitrogens with zero attached hydrogens (tertiary/aromatic N) is 1. The maximum absolute atomic E-state index is 13.2. The number of nitrogens with one attached hydrogen (secondary N) is 1. The Morgan fingerprint density at radius 2 is 1.96 bits per heavy atom. The molecule has 0 radical (unpaired) electrons. The van der Waals surface area contributed by atoms with Crippen LogP contribution in [-0.2, 0) is 0 Å². The van der Waals surface area contributed by atoms with Crippen LogP contribution < -0.4 is 10.7 Å². The summed E-state index contributed by atoms with van der Waals surface area (Å²) in [5, 5.41) is 6.26. The number of para-hydroxylation sites is 1. The van der Waals surface area contributed by atoms with Gasteiger partial charge in [0.05, 0.1) is 15.6 Å². The molecule has 0 atom stereocenters. The molecular weight excluding hydrogens is 352 g/mol. The van der Waals surface area contributed by atoms with Crippen molar-refractivity contribution in [2.75, 3.05) is 11.9 Å². The first-order chi connectivity index (χ1) is 12.0. The molecule has 0 fully saturated rings. The summed E-state index contributed by atoms with van der Waals surface area (Å²) in [7, 11) is 0. The zero-order chi connectivity index (χ0) is 17.6. The first-order valence-corrected chi connectivity index (χ1v) is 9.42. The lowest BCUT2D eigenvalue weighted by Gasteiger charge is -2.13. The third-order valence-electron chi connectivity index (χ3n) is 4.15. The Bertz CT molecular complexity index is 1170. The number of rotatable bonds is 3. The molecule has 4 aromatic rings. The summed E-state index contributed by atoms with van der Waals surface area (Å²) < 4.78 is 1.82. The van der Waals surface area contributed by atoms with Crippen molar-refractivity contribution >= 4 is 59.8 Å². The van der Waals surface area contributed by atoms with Gasteiger partial charge >= 0.3 is 0 Å². The van der Waals surface area contributed by atoms with Gasteiger partial charge in [0.1, 0.15) is 5.82 Å². The molecule has 0 saturated carbocycles. The molecule has 126 valence electrons. The minimum Gasteiger partial charge on any atom is -0.369 e. The molecule has 0 aliphatic carbocycles. The summed E-state index contributed by atoms with van der Waals surface area (Å²) in [5.41, 5.74) is 0.837. The van der Waals surface area contributed by atoms with Crippen molar-refractivity contribution in [3.63, 3.8) is 0 Å². The highest BCUT2D eigenvalue weighted by molar-refractivity contribution is 7.25. The number of pyridine rings is 1. The van der Waals surface area contributed by atoms with Gasteiger partial charge in [-0.05, 0) is 30.2 Å². The van der Waals surface area contributed by atoms with Crippen LogP contribution in [0.1, 0.15) is 13.8 Å². The molecule has 3 nitrogen and oxygen atoms in total. The molecule has 4 rings (SSSR count). The topological polar surface area (TPSA) is 42.0 Å². The molecule has 25 heavy (non-hydrogen) atoms. The van der Waals surface area contributed by atoms with Gasteiger partial charge in [-0.3, -0.25) is 4.79 Å². The molecule has 5 heteroatoms. The highest BCUT2D eigenvalue weighted by Gasteiger charge is 2.15. The van der Waals surface area contributed by atoms with Gasteiger partial charge in [-0.2, -0.15) is 0 Å². The maximum Gasteiger partial charge on any atom is 0.196 e. The average Bonchev–Trinajstić information content (AvgIpc) is 2.60. The smallest absolute Gasteiger partial charge is 0.196 e. The fourth-order valence-corrected chi connectivity index (χ4v) is 4.26. The third-order valence-corrected chi connectivity index (χ3v) is 5.56. The number of hydrogen-bond donors (Lipinski definition) is 1. The molecule has 2 aromatic carbocycles. The van der Waals surface area contributed by atoms with E-state index in [2.05, 4.69) is 19.2 Å². The number of benzene rings is 2. The second-order valence-corrected chi connectivity index (χ2v) is 8.02. The van der Waals surface area contributed by atoms with Crippen molar-refractivity contribution in [1.29, 1.82) is 0 Å². The lowest BCUT2D eigenvalue weighted by molar-refractivity contribution is 0.688. The lowest BCUT2D eigenvalue weighted by atomic mass is 10.1. The minimum absolute atomic E-state index is 0.0115. The summed E-state index contributed by atoms with van der Waals surface area (Å²) in [6, 6.07) is 13.3. The van der Waals surface area contributed by atoms with E-state index < -0.39 is 0 Å². The van der Waals surface area contributed by atoms with E-state index in [1.807, 2.05) is 36.4 Å². The van der Waals surface area contributed by atoms with Gasteiger partial charge < -0.3 is 5.32 Å². The highest BCUT2D eigenvalue weighted by atomic mass is 35.5. The zero-order valence-corrected chi connectivity index (χ0v) is 15.5. The van der Waals surface area contributed by atoms with E-state index in [4.69, 9.17) is 16.6 Å². The van der Waals surface area contributed by atoms with Gasteiger partial charge in [0, 0.05) is 27.0 Å². The van der Waals surface area contributed by atoms with E-state index in [-0.39, 0.29) is 5.43 Å². The monoisotopic (exact) mass is 368 g/mol. The van der Waals surface area contributed by atoms with Crippen LogP contribution >= 0.6 is 22.9 Å². The van der Waals surface area contributed by atoms with Gasteiger partial charge in [0.25, 0.3) is 0 Å². The summed E-state index contributed by atoms with van der Waals surface area (Å²) >= 11 is 7.70. The summed E-state index contributed by atoms with van der Waals surface area (Å²) in [4.78, 5) is 18.0. The quantitative estimate of drug-likeness (QED) is 0.373.